The molecule has 9 nitrogen and oxygen atoms in total. The Labute approximate surface area is 197 Å². The number of hydrogen-bond acceptors (Lipinski definition) is 8. The number of ether oxygens (including phenoxy) is 4. The lowest BCUT2D eigenvalue weighted by molar-refractivity contribution is -0.0859. The van der Waals surface area contributed by atoms with Crippen LogP contribution in [0.15, 0.2) is 47.3 Å². The Kier molecular flexibility index (Phi) is 8.62. The van der Waals surface area contributed by atoms with Crippen LogP contribution in [-0.4, -0.2) is 61.8 Å². The number of nitrogens with one attached hydrogen (secondary N) is 1. The van der Waals surface area contributed by atoms with E-state index >= 15 is 0 Å². The van der Waals surface area contributed by atoms with Gasteiger partial charge < -0.3 is 33.9 Å². The molecule has 2 N–H and O–H groups in total. The number of likely N-dealkylation sites (N-methyl/N-ethyl adjacent to an activating group) is 1. The Bertz CT molecular complexity index is 1200. The number of hydroxylamine groups is 2. The van der Waals surface area contributed by atoms with Gasteiger partial charge >= 0.3 is 0 Å². The summed E-state index contributed by atoms with van der Waals surface area (Å²) in [7, 11) is 3.11. The molecule has 1 unspecified atom stereocenters. The third-order valence-corrected chi connectivity index (χ3v) is 4.92. The summed E-state index contributed by atoms with van der Waals surface area (Å²) in [6.07, 6.45) is 4.41. The second-order valence-electron chi connectivity index (χ2n) is 7.22. The van der Waals surface area contributed by atoms with Crippen LogP contribution in [0.3, 0.4) is 0 Å². The van der Waals surface area contributed by atoms with Crippen molar-refractivity contribution < 1.29 is 28.9 Å². The number of benzene rings is 2. The fraction of sp³-hybridized carbons (Fsp3) is 0.320. The molecule has 3 rings (SSSR count). The molecule has 0 fully saturated rings. The second kappa shape index (κ2) is 11.8. The van der Waals surface area contributed by atoms with E-state index in [0.717, 1.165) is 0 Å². The van der Waals surface area contributed by atoms with Gasteiger partial charge in [-0.25, -0.2) is 0 Å². The molecule has 0 radical (unpaired) electrons. The average Bonchev–Trinajstić information content (AvgIpc) is 2.85. The van der Waals surface area contributed by atoms with E-state index in [1.165, 1.54) is 6.07 Å². The fourth-order valence-corrected chi connectivity index (χ4v) is 3.29. The molecular formula is C25H28N2O7. The Morgan fingerprint density at radius 3 is 2.47 bits per heavy atom. The number of terminal acetylenes is 1. The van der Waals surface area contributed by atoms with Crippen molar-refractivity contribution in [1.29, 1.82) is 0 Å². The molecule has 34 heavy (non-hydrogen) atoms. The van der Waals surface area contributed by atoms with Crippen molar-refractivity contribution in [1.82, 2.24) is 10.0 Å². The average molecular weight is 469 g/mol. The van der Waals surface area contributed by atoms with E-state index in [4.69, 9.17) is 30.2 Å². The molecule has 3 aromatic rings. The normalized spacial score (nSPS) is 11.6. The lowest BCUT2D eigenvalue weighted by atomic mass is 10.2. The first kappa shape index (κ1) is 24.8. The molecule has 0 bridgehead atoms. The topological polar surface area (TPSA) is 102 Å². The molecule has 180 valence electrons. The van der Waals surface area contributed by atoms with Crippen molar-refractivity contribution in [3.05, 3.63) is 52.8 Å². The van der Waals surface area contributed by atoms with E-state index in [-0.39, 0.29) is 25.3 Å². The summed E-state index contributed by atoms with van der Waals surface area (Å²) in [5.41, 5.74) is 0.197. The largest absolute Gasteiger partial charge is 0.493 e. The smallest absolute Gasteiger partial charge is 0.248 e. The van der Waals surface area contributed by atoms with E-state index < -0.39 is 6.10 Å². The van der Waals surface area contributed by atoms with Crippen molar-refractivity contribution in [3.63, 3.8) is 0 Å². The van der Waals surface area contributed by atoms with Crippen LogP contribution in [0, 0.1) is 12.3 Å². The zero-order valence-electron chi connectivity index (χ0n) is 19.4. The Balaban J connectivity index is 1.66. The number of methoxy groups -OCH3 is 2. The van der Waals surface area contributed by atoms with Crippen LogP contribution in [-0.2, 0) is 0 Å². The van der Waals surface area contributed by atoms with Crippen LogP contribution in [0.2, 0.25) is 0 Å². The SMILES string of the molecule is C#CCOc1ccc(OCC(O)CN(CC)Oc2ccc(OC)c(OC)c2)c2ccc(=O)[nH]c12. The lowest BCUT2D eigenvalue weighted by Gasteiger charge is -2.24. The van der Waals surface area contributed by atoms with Gasteiger partial charge in [0.25, 0.3) is 0 Å². The van der Waals surface area contributed by atoms with Crippen LogP contribution < -0.4 is 29.3 Å². The van der Waals surface area contributed by atoms with Crippen molar-refractivity contribution in [2.24, 2.45) is 0 Å². The third kappa shape index (κ3) is 6.13. The molecule has 0 aliphatic heterocycles. The molecule has 0 saturated heterocycles. The zero-order chi connectivity index (χ0) is 24.5. The molecule has 1 atom stereocenters. The number of nitrogens with zero attached hydrogens (tertiary/aromatic N) is 1. The van der Waals surface area contributed by atoms with E-state index in [2.05, 4.69) is 10.9 Å². The first-order valence-electron chi connectivity index (χ1n) is 10.7. The van der Waals surface area contributed by atoms with E-state index in [0.29, 0.717) is 46.2 Å². The lowest BCUT2D eigenvalue weighted by Crippen LogP contribution is -2.37. The number of pyridine rings is 1. The minimum atomic E-state index is -0.852. The highest BCUT2D eigenvalue weighted by atomic mass is 16.7. The predicted molar refractivity (Wildman–Crippen MR) is 128 cm³/mol. The Morgan fingerprint density at radius 1 is 1.03 bits per heavy atom. The van der Waals surface area contributed by atoms with E-state index in [9.17, 15) is 9.90 Å². The summed E-state index contributed by atoms with van der Waals surface area (Å²) in [6, 6.07) is 11.6. The Hall–Kier alpha value is -3.87. The van der Waals surface area contributed by atoms with E-state index in [1.807, 2.05) is 6.92 Å². The maximum Gasteiger partial charge on any atom is 0.248 e. The summed E-state index contributed by atoms with van der Waals surface area (Å²) < 4.78 is 21.9. The number of fused-ring (bicyclic) bond motifs is 1. The van der Waals surface area contributed by atoms with Crippen LogP contribution in [0.25, 0.3) is 10.9 Å². The number of aliphatic hydroxyl groups is 1. The van der Waals surface area contributed by atoms with Gasteiger partial charge in [0, 0.05) is 24.1 Å². The summed E-state index contributed by atoms with van der Waals surface area (Å²) >= 11 is 0. The van der Waals surface area contributed by atoms with Gasteiger partial charge in [-0.1, -0.05) is 5.92 Å². The molecular weight excluding hydrogens is 440 g/mol. The highest BCUT2D eigenvalue weighted by Crippen LogP contribution is 2.32. The number of hydrogen-bond donors (Lipinski definition) is 2. The highest BCUT2D eigenvalue weighted by Gasteiger charge is 2.16. The maximum absolute atomic E-state index is 11.8. The van der Waals surface area contributed by atoms with Gasteiger partial charge in [-0.3, -0.25) is 4.79 Å². The molecule has 0 aliphatic carbocycles. The summed E-state index contributed by atoms with van der Waals surface area (Å²) in [6.45, 7) is 2.70. The van der Waals surface area contributed by atoms with Gasteiger partial charge in [-0.05, 0) is 37.3 Å². The molecule has 1 heterocycles. The molecule has 2 aromatic carbocycles. The molecule has 0 spiro atoms. The number of rotatable bonds is 12. The minimum Gasteiger partial charge on any atom is -0.493 e. The van der Waals surface area contributed by atoms with Crippen molar-refractivity contribution in [3.8, 4) is 41.1 Å². The van der Waals surface area contributed by atoms with Gasteiger partial charge in [0.15, 0.2) is 17.2 Å². The Morgan fingerprint density at radius 2 is 1.76 bits per heavy atom. The zero-order valence-corrected chi connectivity index (χ0v) is 19.4. The second-order valence-corrected chi connectivity index (χ2v) is 7.22. The summed E-state index contributed by atoms with van der Waals surface area (Å²) in [5.74, 6) is 5.01. The van der Waals surface area contributed by atoms with Crippen molar-refractivity contribution >= 4 is 10.9 Å². The van der Waals surface area contributed by atoms with Crippen LogP contribution >= 0.6 is 0 Å². The van der Waals surface area contributed by atoms with E-state index in [1.54, 1.807) is 55.7 Å². The summed E-state index contributed by atoms with van der Waals surface area (Å²) in [5, 5.41) is 12.8. The van der Waals surface area contributed by atoms with Crippen LogP contribution in [0.5, 0.6) is 28.7 Å². The van der Waals surface area contributed by atoms with Gasteiger partial charge in [-0.15, -0.1) is 11.5 Å². The number of aromatic amines is 1. The van der Waals surface area contributed by atoms with Crippen LogP contribution in [0.1, 0.15) is 6.92 Å². The van der Waals surface area contributed by atoms with Crippen molar-refractivity contribution in [2.45, 2.75) is 13.0 Å². The molecule has 1 aromatic heterocycles. The van der Waals surface area contributed by atoms with Gasteiger partial charge in [-0.2, -0.15) is 0 Å². The maximum atomic E-state index is 11.8. The van der Waals surface area contributed by atoms with Gasteiger partial charge in [0.2, 0.25) is 5.56 Å². The number of aromatic nitrogens is 1. The first-order valence-corrected chi connectivity index (χ1v) is 10.7. The number of H-pyrrole nitrogens is 1. The fourth-order valence-electron chi connectivity index (χ4n) is 3.29. The monoisotopic (exact) mass is 468 g/mol. The number of aliphatic hydroxyl groups excluding tert-OH is 1. The van der Waals surface area contributed by atoms with Gasteiger partial charge in [0.05, 0.1) is 26.3 Å². The van der Waals surface area contributed by atoms with Crippen LogP contribution in [0.4, 0.5) is 0 Å². The molecule has 9 heteroatoms. The minimum absolute atomic E-state index is 0.00454. The van der Waals surface area contributed by atoms with Gasteiger partial charge in [0.1, 0.15) is 30.8 Å². The predicted octanol–water partition coefficient (Wildman–Crippen LogP) is 2.61. The highest BCUT2D eigenvalue weighted by molar-refractivity contribution is 5.89. The summed E-state index contributed by atoms with van der Waals surface area (Å²) in [4.78, 5) is 20.4. The molecule has 0 saturated carbocycles. The quantitative estimate of drug-likeness (QED) is 0.309. The third-order valence-electron chi connectivity index (χ3n) is 4.92. The first-order chi connectivity index (χ1) is 16.5. The molecule has 0 aliphatic rings. The standard InChI is InChI=1S/C25H28N2O7/c1-5-13-32-22-11-10-20(19-8-12-24(29)26-25(19)22)33-16-17(28)15-27(6-2)34-18-7-9-21(30-3)23(14-18)31-4/h1,7-12,14,17,28H,6,13,15-16H2,2-4H3,(H,26,29). The molecule has 0 amide bonds. The van der Waals surface area contributed by atoms with Crippen molar-refractivity contribution in [2.75, 3.05) is 40.5 Å².